The maximum absolute atomic E-state index is 13.4. The van der Waals surface area contributed by atoms with Crippen LogP contribution in [0.15, 0.2) is 85.2 Å². The minimum atomic E-state index is -0.906. The molecule has 0 saturated carbocycles. The van der Waals surface area contributed by atoms with E-state index in [1.807, 2.05) is 30.3 Å². The molecular formula is C31H31ClN8O5. The molecule has 0 aliphatic heterocycles. The Kier molecular flexibility index (Phi) is 11.7. The van der Waals surface area contributed by atoms with Crippen molar-refractivity contribution in [1.29, 1.82) is 0 Å². The van der Waals surface area contributed by atoms with Crippen molar-refractivity contribution < 1.29 is 23.9 Å². The second kappa shape index (κ2) is 16.3. The van der Waals surface area contributed by atoms with E-state index in [1.165, 1.54) is 24.2 Å². The van der Waals surface area contributed by atoms with Crippen LogP contribution in [0.3, 0.4) is 0 Å². The molecule has 14 heteroatoms. The lowest BCUT2D eigenvalue weighted by molar-refractivity contribution is -0.140. The second-order valence-electron chi connectivity index (χ2n) is 9.67. The number of ether oxygens (including phenoxy) is 1. The molecule has 1 atom stereocenters. The van der Waals surface area contributed by atoms with Gasteiger partial charge in [-0.2, -0.15) is 4.68 Å². The van der Waals surface area contributed by atoms with Gasteiger partial charge in [0.2, 0.25) is 11.8 Å². The summed E-state index contributed by atoms with van der Waals surface area (Å²) in [5.74, 6) is -1.27. The molecule has 45 heavy (non-hydrogen) atoms. The number of esters is 1. The van der Waals surface area contributed by atoms with Crippen LogP contribution in [0.5, 0.6) is 0 Å². The summed E-state index contributed by atoms with van der Waals surface area (Å²) in [7, 11) is 1.31. The van der Waals surface area contributed by atoms with Gasteiger partial charge in [-0.3, -0.25) is 14.4 Å². The number of carbonyl (C=O) groups excluding carboxylic acids is 4. The molecule has 0 unspecified atom stereocenters. The first-order valence-electron chi connectivity index (χ1n) is 13.9. The highest BCUT2D eigenvalue weighted by atomic mass is 35.5. The lowest BCUT2D eigenvalue weighted by atomic mass is 10.0. The number of halogens is 1. The zero-order valence-electron chi connectivity index (χ0n) is 24.3. The molecule has 232 valence electrons. The fourth-order valence-corrected chi connectivity index (χ4v) is 4.34. The molecule has 1 aromatic heterocycles. The zero-order valence-corrected chi connectivity index (χ0v) is 25.0. The molecule has 0 saturated heterocycles. The molecule has 3 aromatic carbocycles. The summed E-state index contributed by atoms with van der Waals surface area (Å²) in [6.07, 6.45) is 5.20. The number of amides is 4. The predicted octanol–water partition coefficient (Wildman–Crippen LogP) is 3.77. The number of nitrogens with zero attached hydrogens (tertiary/aromatic N) is 4. The third-order valence-electron chi connectivity index (χ3n) is 6.40. The minimum Gasteiger partial charge on any atom is -0.469 e. The van der Waals surface area contributed by atoms with Crippen LogP contribution in [0.25, 0.3) is 11.8 Å². The summed E-state index contributed by atoms with van der Waals surface area (Å²) in [4.78, 5) is 49.7. The summed E-state index contributed by atoms with van der Waals surface area (Å²) in [5.41, 5.74) is 3.03. The molecule has 0 aliphatic rings. The smallest absolute Gasteiger partial charge is 0.319 e. The van der Waals surface area contributed by atoms with Crippen molar-refractivity contribution in [3.8, 4) is 5.69 Å². The van der Waals surface area contributed by atoms with Crippen molar-refractivity contribution in [1.82, 2.24) is 30.8 Å². The number of urea groups is 1. The van der Waals surface area contributed by atoms with Crippen molar-refractivity contribution >= 4 is 52.9 Å². The molecule has 0 spiro atoms. The Balaban J connectivity index is 1.39. The number of methoxy groups -OCH3 is 1. The van der Waals surface area contributed by atoms with Crippen molar-refractivity contribution in [2.75, 3.05) is 24.3 Å². The number of nitrogens with one attached hydrogen (secondary N) is 4. The zero-order chi connectivity index (χ0) is 32.0. The Hall–Kier alpha value is -5.56. The largest absolute Gasteiger partial charge is 0.469 e. The molecule has 0 radical (unpaired) electrons. The minimum absolute atomic E-state index is 0.206. The van der Waals surface area contributed by atoms with E-state index in [4.69, 9.17) is 11.6 Å². The Morgan fingerprint density at radius 1 is 0.978 bits per heavy atom. The molecule has 0 fully saturated rings. The van der Waals surface area contributed by atoms with E-state index in [0.29, 0.717) is 40.6 Å². The fraction of sp³-hybridized carbons (Fsp3) is 0.194. The highest BCUT2D eigenvalue weighted by Gasteiger charge is 2.21. The molecular weight excluding hydrogens is 600 g/mol. The average Bonchev–Trinajstić information content (AvgIpc) is 3.58. The van der Waals surface area contributed by atoms with Crippen molar-refractivity contribution in [2.45, 2.75) is 25.3 Å². The molecule has 4 rings (SSSR count). The van der Waals surface area contributed by atoms with E-state index in [2.05, 4.69) is 41.5 Å². The van der Waals surface area contributed by atoms with Crippen molar-refractivity contribution in [3.05, 3.63) is 101 Å². The van der Waals surface area contributed by atoms with Gasteiger partial charge in [0.15, 0.2) is 0 Å². The Labute approximate surface area is 264 Å². The topological polar surface area (TPSA) is 169 Å². The third-order valence-corrected chi connectivity index (χ3v) is 6.63. The summed E-state index contributed by atoms with van der Waals surface area (Å²) in [5, 5.41) is 22.6. The van der Waals surface area contributed by atoms with E-state index >= 15 is 0 Å². The monoisotopic (exact) mass is 630 g/mol. The van der Waals surface area contributed by atoms with Crippen LogP contribution >= 0.6 is 11.6 Å². The van der Waals surface area contributed by atoms with Crippen LogP contribution in [0.1, 0.15) is 24.0 Å². The summed E-state index contributed by atoms with van der Waals surface area (Å²) in [6.45, 7) is 0.304. The van der Waals surface area contributed by atoms with Gasteiger partial charge in [-0.25, -0.2) is 4.79 Å². The SMILES string of the molecule is COC(=O)CCCNC(=O)Nc1ccc(NC(=O)[C@H](Cc2ccccc2)NC(=O)C=Cc2cc(Cl)ccc2-n2cnnn2)cc1. The first kappa shape index (κ1) is 32.4. The number of aromatic nitrogens is 4. The maximum Gasteiger partial charge on any atom is 0.319 e. The Bertz CT molecular complexity index is 1630. The fourth-order valence-electron chi connectivity index (χ4n) is 4.16. The van der Waals surface area contributed by atoms with Gasteiger partial charge in [0, 0.05) is 47.4 Å². The molecule has 4 aromatic rings. The summed E-state index contributed by atoms with van der Waals surface area (Å²) in [6, 6.07) is 19.6. The van der Waals surface area contributed by atoms with Crippen molar-refractivity contribution in [2.24, 2.45) is 0 Å². The molecule has 0 aliphatic carbocycles. The van der Waals surface area contributed by atoms with Gasteiger partial charge in [-0.1, -0.05) is 41.9 Å². The lowest BCUT2D eigenvalue weighted by Gasteiger charge is -2.18. The van der Waals surface area contributed by atoms with E-state index in [1.54, 1.807) is 48.5 Å². The first-order valence-corrected chi connectivity index (χ1v) is 14.3. The Morgan fingerprint density at radius 2 is 1.71 bits per heavy atom. The molecule has 13 nitrogen and oxygen atoms in total. The number of benzene rings is 3. The van der Waals surface area contributed by atoms with Gasteiger partial charge in [0.25, 0.3) is 0 Å². The highest BCUT2D eigenvalue weighted by Crippen LogP contribution is 2.20. The van der Waals surface area contributed by atoms with Crippen LogP contribution in [-0.2, 0) is 25.5 Å². The third kappa shape index (κ3) is 10.3. The number of hydrogen-bond acceptors (Lipinski definition) is 8. The van der Waals surface area contributed by atoms with Gasteiger partial charge in [-0.15, -0.1) is 5.10 Å². The Morgan fingerprint density at radius 3 is 2.40 bits per heavy atom. The number of tetrazole rings is 1. The number of rotatable bonds is 13. The summed E-state index contributed by atoms with van der Waals surface area (Å²) < 4.78 is 6.02. The van der Waals surface area contributed by atoms with E-state index in [0.717, 1.165) is 5.56 Å². The lowest BCUT2D eigenvalue weighted by Crippen LogP contribution is -2.44. The predicted molar refractivity (Wildman–Crippen MR) is 169 cm³/mol. The maximum atomic E-state index is 13.4. The van der Waals surface area contributed by atoms with Gasteiger partial charge < -0.3 is 26.0 Å². The normalized spacial score (nSPS) is 11.4. The van der Waals surface area contributed by atoms with Gasteiger partial charge in [-0.05, 0) is 71.0 Å². The van der Waals surface area contributed by atoms with Crippen molar-refractivity contribution in [3.63, 3.8) is 0 Å². The van der Waals surface area contributed by atoms with E-state index < -0.39 is 23.9 Å². The van der Waals surface area contributed by atoms with E-state index in [-0.39, 0.29) is 18.8 Å². The van der Waals surface area contributed by atoms with Gasteiger partial charge >= 0.3 is 12.0 Å². The second-order valence-corrected chi connectivity index (χ2v) is 10.1. The van der Waals surface area contributed by atoms with Crippen LogP contribution in [-0.4, -0.2) is 63.7 Å². The average molecular weight is 631 g/mol. The van der Waals surface area contributed by atoms with Gasteiger partial charge in [0.1, 0.15) is 12.4 Å². The van der Waals surface area contributed by atoms with Crippen LogP contribution in [0.2, 0.25) is 5.02 Å². The molecule has 4 amide bonds. The molecule has 4 N–H and O–H groups in total. The molecule has 0 bridgehead atoms. The standard InChI is InChI=1S/C31H31ClN8O5/c1-45-29(42)8-5-17-33-31(44)36-25-13-11-24(12-14-25)35-30(43)26(18-21-6-3-2-4-7-21)37-28(41)16-9-22-19-23(32)10-15-27(22)40-20-34-38-39-40/h2-4,6-7,9-16,19-20,26H,5,8,17-18H2,1H3,(H,35,43)(H,37,41)(H2,33,36,44)/t26-/m0/s1. The van der Waals surface area contributed by atoms with Crippen LogP contribution < -0.4 is 21.3 Å². The van der Waals surface area contributed by atoms with Crippen LogP contribution in [0.4, 0.5) is 16.2 Å². The van der Waals surface area contributed by atoms with Gasteiger partial charge in [0.05, 0.1) is 12.8 Å². The van der Waals surface area contributed by atoms with E-state index in [9.17, 15) is 19.2 Å². The van der Waals surface area contributed by atoms with Crippen LogP contribution in [0, 0.1) is 0 Å². The number of hydrogen-bond donors (Lipinski definition) is 4. The number of carbonyl (C=O) groups is 4. The summed E-state index contributed by atoms with van der Waals surface area (Å²) >= 11 is 6.17. The molecule has 1 heterocycles. The number of anilines is 2. The quantitative estimate of drug-likeness (QED) is 0.0983. The first-order chi connectivity index (χ1) is 21.8. The highest BCUT2D eigenvalue weighted by molar-refractivity contribution is 6.30.